The number of hydrogen-bond acceptors (Lipinski definition) is 8. The first-order chi connectivity index (χ1) is 18.0. The van der Waals surface area contributed by atoms with Crippen molar-refractivity contribution in [1.29, 1.82) is 0 Å². The smallest absolute Gasteiger partial charge is 0.349 e. The van der Waals surface area contributed by atoms with E-state index in [1.165, 1.54) is 10.8 Å². The summed E-state index contributed by atoms with van der Waals surface area (Å²) in [6, 6.07) is 7.74. The molecule has 0 saturated carbocycles. The highest BCUT2D eigenvalue weighted by Gasteiger charge is 2.31. The fourth-order valence-corrected chi connectivity index (χ4v) is 4.22. The van der Waals surface area contributed by atoms with Gasteiger partial charge in [0.1, 0.15) is 5.82 Å². The van der Waals surface area contributed by atoms with Gasteiger partial charge in [-0.2, -0.15) is 4.98 Å². The average molecular weight is 526 g/mol. The van der Waals surface area contributed by atoms with Gasteiger partial charge in [0.25, 0.3) is 0 Å². The van der Waals surface area contributed by atoms with Crippen molar-refractivity contribution in [2.24, 2.45) is 11.5 Å². The highest BCUT2D eigenvalue weighted by molar-refractivity contribution is 5.89. The molecule has 2 aliphatic rings. The Morgan fingerprint density at radius 1 is 1.08 bits per heavy atom. The van der Waals surface area contributed by atoms with Gasteiger partial charge < -0.3 is 31.9 Å². The van der Waals surface area contributed by atoms with Gasteiger partial charge >= 0.3 is 11.7 Å². The Labute approximate surface area is 220 Å². The molecule has 1 aromatic heterocycles. The lowest BCUT2D eigenvalue weighted by atomic mass is 10.0. The van der Waals surface area contributed by atoms with Gasteiger partial charge in [-0.05, 0) is 44.0 Å². The zero-order chi connectivity index (χ0) is 27.4. The predicted octanol–water partition coefficient (Wildman–Crippen LogP) is -1.40. The standard InChI is InChI=1S/C25H35N9O4/c1-25(2,27)22(36)32-9-11-33(12-10-32)23(37)30-20-7-8-34(24(38)31-20)18-5-3-16(4-6-18)13-19(26)21(35)29-17-14-28-15-17/h3-8,17,19,28H,9-15,26-27H2,1-2H3,(H,29,35)(H,30,31,37,38). The molecule has 2 aliphatic heterocycles. The van der Waals surface area contributed by atoms with Gasteiger partial charge in [-0.1, -0.05) is 12.1 Å². The Kier molecular flexibility index (Phi) is 8.09. The fraction of sp³-hybridized carbons (Fsp3) is 0.480. The number of anilines is 1. The molecule has 2 fully saturated rings. The largest absolute Gasteiger partial charge is 0.354 e. The first-order valence-corrected chi connectivity index (χ1v) is 12.6. The number of rotatable bonds is 7. The van der Waals surface area contributed by atoms with Crippen LogP contribution in [0.25, 0.3) is 5.69 Å². The molecule has 4 rings (SSSR count). The Bertz CT molecular complexity index is 1230. The molecule has 7 N–H and O–H groups in total. The van der Waals surface area contributed by atoms with Crippen molar-refractivity contribution >= 4 is 23.7 Å². The third kappa shape index (κ3) is 6.54. The number of hydrogen-bond donors (Lipinski definition) is 5. The minimum atomic E-state index is -0.963. The maximum Gasteiger partial charge on any atom is 0.354 e. The second-order valence-corrected chi connectivity index (χ2v) is 10.2. The summed E-state index contributed by atoms with van der Waals surface area (Å²) in [5.41, 5.74) is 11.9. The number of piperazine rings is 1. The van der Waals surface area contributed by atoms with Crippen molar-refractivity contribution in [3.8, 4) is 5.69 Å². The molecule has 4 amide bonds. The molecule has 2 aromatic rings. The number of benzene rings is 1. The molecule has 13 heteroatoms. The monoisotopic (exact) mass is 525 g/mol. The molecule has 0 spiro atoms. The second-order valence-electron chi connectivity index (χ2n) is 10.2. The third-order valence-electron chi connectivity index (χ3n) is 6.58. The quantitative estimate of drug-likeness (QED) is 0.293. The topological polar surface area (TPSA) is 181 Å². The Hall–Kier alpha value is -3.81. The van der Waals surface area contributed by atoms with E-state index in [-0.39, 0.29) is 23.7 Å². The molecule has 0 bridgehead atoms. The summed E-state index contributed by atoms with van der Waals surface area (Å²) in [5, 5.41) is 8.64. The molecule has 13 nitrogen and oxygen atoms in total. The van der Waals surface area contributed by atoms with Crippen molar-refractivity contribution in [3.63, 3.8) is 0 Å². The lowest BCUT2D eigenvalue weighted by Gasteiger charge is -2.37. The Morgan fingerprint density at radius 3 is 2.26 bits per heavy atom. The summed E-state index contributed by atoms with van der Waals surface area (Å²) in [6.07, 6.45) is 1.91. The van der Waals surface area contributed by atoms with Gasteiger partial charge in [-0.25, -0.2) is 9.59 Å². The van der Waals surface area contributed by atoms with Crippen molar-refractivity contribution in [2.75, 3.05) is 44.6 Å². The van der Waals surface area contributed by atoms with E-state index < -0.39 is 23.3 Å². The lowest BCUT2D eigenvalue weighted by molar-refractivity contribution is -0.137. The Morgan fingerprint density at radius 2 is 1.71 bits per heavy atom. The van der Waals surface area contributed by atoms with Crippen LogP contribution >= 0.6 is 0 Å². The van der Waals surface area contributed by atoms with E-state index in [1.54, 1.807) is 41.8 Å². The Balaban J connectivity index is 1.31. The van der Waals surface area contributed by atoms with Crippen LogP contribution in [0.5, 0.6) is 0 Å². The molecular formula is C25H35N9O4. The first-order valence-electron chi connectivity index (χ1n) is 12.6. The second kappa shape index (κ2) is 11.3. The normalized spacial score (nSPS) is 16.9. The van der Waals surface area contributed by atoms with Crippen molar-refractivity contribution in [3.05, 3.63) is 52.6 Å². The number of amides is 4. The van der Waals surface area contributed by atoms with Gasteiger partial charge in [0, 0.05) is 45.5 Å². The van der Waals surface area contributed by atoms with Gasteiger partial charge in [0.15, 0.2) is 0 Å². The van der Waals surface area contributed by atoms with Gasteiger partial charge in [-0.15, -0.1) is 0 Å². The van der Waals surface area contributed by atoms with Crippen LogP contribution in [0, 0.1) is 0 Å². The summed E-state index contributed by atoms with van der Waals surface area (Å²) in [4.78, 5) is 57.0. The van der Waals surface area contributed by atoms with Gasteiger partial charge in [-0.3, -0.25) is 19.5 Å². The zero-order valence-electron chi connectivity index (χ0n) is 21.6. The van der Waals surface area contributed by atoms with Crippen LogP contribution in [-0.2, 0) is 16.0 Å². The van der Waals surface area contributed by atoms with Crippen molar-refractivity contribution in [1.82, 2.24) is 30.0 Å². The summed E-state index contributed by atoms with van der Waals surface area (Å²) in [5.74, 6) is -0.215. The van der Waals surface area contributed by atoms with Crippen LogP contribution < -0.4 is 33.1 Å². The number of nitrogens with zero attached hydrogens (tertiary/aromatic N) is 4. The number of nitrogens with one attached hydrogen (secondary N) is 3. The van der Waals surface area contributed by atoms with E-state index in [1.807, 2.05) is 12.1 Å². The molecule has 1 unspecified atom stereocenters. The maximum absolute atomic E-state index is 12.7. The SMILES string of the molecule is CC(C)(N)C(=O)N1CCN(C(=O)Nc2ccn(-c3ccc(CC(N)C(=O)NC4CNC4)cc3)c(=O)n2)CC1. The first kappa shape index (κ1) is 27.2. The average Bonchev–Trinajstić information content (AvgIpc) is 2.86. The molecule has 1 aromatic carbocycles. The van der Waals surface area contributed by atoms with E-state index in [0.29, 0.717) is 38.3 Å². The minimum absolute atomic E-state index is 0.132. The van der Waals surface area contributed by atoms with E-state index in [9.17, 15) is 19.2 Å². The van der Waals surface area contributed by atoms with Crippen LogP contribution in [0.2, 0.25) is 0 Å². The van der Waals surface area contributed by atoms with E-state index in [0.717, 1.165) is 18.7 Å². The molecule has 0 radical (unpaired) electrons. The number of nitrogens with two attached hydrogens (primary N) is 2. The highest BCUT2D eigenvalue weighted by atomic mass is 16.2. The van der Waals surface area contributed by atoms with Gasteiger partial charge in [0.2, 0.25) is 11.8 Å². The number of aromatic nitrogens is 2. The number of carbonyl (C=O) groups is 3. The third-order valence-corrected chi connectivity index (χ3v) is 6.58. The van der Waals surface area contributed by atoms with Crippen molar-refractivity contribution < 1.29 is 14.4 Å². The molecule has 3 heterocycles. The van der Waals surface area contributed by atoms with Crippen LogP contribution in [0.4, 0.5) is 10.6 Å². The van der Waals surface area contributed by atoms with Crippen LogP contribution in [0.1, 0.15) is 19.4 Å². The molecule has 0 aliphatic carbocycles. The minimum Gasteiger partial charge on any atom is -0.349 e. The van der Waals surface area contributed by atoms with E-state index in [4.69, 9.17) is 11.5 Å². The van der Waals surface area contributed by atoms with Crippen LogP contribution in [-0.4, -0.2) is 94.1 Å². The summed E-state index contributed by atoms with van der Waals surface area (Å²) in [6.45, 7) is 6.28. The molecule has 1 atom stereocenters. The fourth-order valence-electron chi connectivity index (χ4n) is 4.22. The van der Waals surface area contributed by atoms with Crippen molar-refractivity contribution in [2.45, 2.75) is 37.9 Å². The molecule has 204 valence electrons. The number of carbonyl (C=O) groups excluding carboxylic acids is 3. The van der Waals surface area contributed by atoms with E-state index >= 15 is 0 Å². The van der Waals surface area contributed by atoms with Crippen LogP contribution in [0.15, 0.2) is 41.3 Å². The molecular weight excluding hydrogens is 490 g/mol. The maximum atomic E-state index is 12.7. The van der Waals surface area contributed by atoms with Crippen LogP contribution in [0.3, 0.4) is 0 Å². The van der Waals surface area contributed by atoms with E-state index in [2.05, 4.69) is 20.9 Å². The molecule has 2 saturated heterocycles. The number of urea groups is 1. The summed E-state index contributed by atoms with van der Waals surface area (Å²) < 4.78 is 1.36. The molecule has 38 heavy (non-hydrogen) atoms. The zero-order valence-corrected chi connectivity index (χ0v) is 21.6. The van der Waals surface area contributed by atoms with Gasteiger partial charge in [0.05, 0.1) is 23.3 Å². The lowest BCUT2D eigenvalue weighted by Crippen LogP contribution is -2.59. The summed E-state index contributed by atoms with van der Waals surface area (Å²) in [7, 11) is 0. The highest BCUT2D eigenvalue weighted by Crippen LogP contribution is 2.12. The predicted molar refractivity (Wildman–Crippen MR) is 142 cm³/mol. The summed E-state index contributed by atoms with van der Waals surface area (Å²) >= 11 is 0.